The first-order valence-electron chi connectivity index (χ1n) is 4.13. The first kappa shape index (κ1) is 10.5. The number of nitrogens with zero attached hydrogens (tertiary/aromatic N) is 1. The number of aromatic hydroxyl groups is 1. The lowest BCUT2D eigenvalue weighted by Crippen LogP contribution is -2.23. The van der Waals surface area contributed by atoms with Gasteiger partial charge in [0.25, 0.3) is 0 Å². The number of hydrogen-bond donors (Lipinski definition) is 2. The summed E-state index contributed by atoms with van der Waals surface area (Å²) in [6, 6.07) is 4.72. The predicted octanol–water partition coefficient (Wildman–Crippen LogP) is 1.09. The number of phenolic OH excluding ortho intramolecular Hbond substituents is 1. The van der Waals surface area contributed by atoms with E-state index in [1.807, 2.05) is 0 Å². The molecule has 1 rings (SSSR count). The highest BCUT2D eigenvalue weighted by Gasteiger charge is 2.25. The average molecular weight is 197 g/mol. The van der Waals surface area contributed by atoms with Crippen LogP contribution in [0, 0.1) is 10.1 Å². The summed E-state index contributed by atoms with van der Waals surface area (Å²) in [7, 11) is 0. The highest BCUT2D eigenvalue weighted by Crippen LogP contribution is 2.21. The van der Waals surface area contributed by atoms with Crippen LogP contribution in [0.15, 0.2) is 24.3 Å². The molecule has 76 valence electrons. The molecule has 2 N–H and O–H groups in total. The Balaban J connectivity index is 2.89. The maximum absolute atomic E-state index is 10.4. The van der Waals surface area contributed by atoms with Crippen molar-refractivity contribution < 1.29 is 15.1 Å². The van der Waals surface area contributed by atoms with E-state index in [1.54, 1.807) is 0 Å². The summed E-state index contributed by atoms with van der Waals surface area (Å²) < 4.78 is 0. The molecule has 0 aromatic heterocycles. The Bertz CT molecular complexity index is 339. The fraction of sp³-hybridized carbons (Fsp3) is 0.333. The molecule has 0 aliphatic heterocycles. The third-order valence-electron chi connectivity index (χ3n) is 2.00. The molecule has 2 atom stereocenters. The summed E-state index contributed by atoms with van der Waals surface area (Å²) in [5, 5.41) is 29.0. The molecule has 1 aromatic carbocycles. The molecule has 0 fully saturated rings. The molecule has 0 heterocycles. The van der Waals surface area contributed by atoms with Gasteiger partial charge < -0.3 is 10.2 Å². The van der Waals surface area contributed by atoms with Gasteiger partial charge in [0.2, 0.25) is 6.04 Å². The molecule has 0 spiro atoms. The van der Waals surface area contributed by atoms with Crippen LogP contribution in [0.2, 0.25) is 0 Å². The van der Waals surface area contributed by atoms with Gasteiger partial charge in [0.1, 0.15) is 11.9 Å². The number of phenols is 1. The van der Waals surface area contributed by atoms with Gasteiger partial charge in [-0.15, -0.1) is 0 Å². The first-order chi connectivity index (χ1) is 6.52. The molecular weight excluding hydrogens is 186 g/mol. The Kier molecular flexibility index (Phi) is 3.03. The number of nitro groups is 1. The van der Waals surface area contributed by atoms with Crippen LogP contribution in [0.25, 0.3) is 0 Å². The summed E-state index contributed by atoms with van der Waals surface area (Å²) in [6.07, 6.45) is -1.20. The van der Waals surface area contributed by atoms with E-state index in [0.717, 1.165) is 0 Å². The van der Waals surface area contributed by atoms with Crippen molar-refractivity contribution in [2.45, 2.75) is 19.1 Å². The maximum Gasteiger partial charge on any atom is 0.239 e. The minimum absolute atomic E-state index is 0.0166. The van der Waals surface area contributed by atoms with Gasteiger partial charge in [-0.05, 0) is 17.7 Å². The Morgan fingerprint density at radius 2 is 2.14 bits per heavy atom. The number of aliphatic hydroxyl groups excluding tert-OH is 1. The molecule has 0 radical (unpaired) electrons. The lowest BCUT2D eigenvalue weighted by molar-refractivity contribution is -0.531. The van der Waals surface area contributed by atoms with Gasteiger partial charge in [-0.25, -0.2) is 0 Å². The van der Waals surface area contributed by atoms with Crippen LogP contribution < -0.4 is 0 Å². The largest absolute Gasteiger partial charge is 0.508 e. The van der Waals surface area contributed by atoms with E-state index in [4.69, 9.17) is 5.11 Å². The van der Waals surface area contributed by atoms with Crippen molar-refractivity contribution in [2.24, 2.45) is 0 Å². The fourth-order valence-corrected chi connectivity index (χ4v) is 1.10. The van der Waals surface area contributed by atoms with Gasteiger partial charge in [0, 0.05) is 11.8 Å². The SMILES string of the molecule is C[C@@H]([C@H](O)c1cccc(O)c1)[N+](=O)[O-]. The van der Waals surface area contributed by atoms with Crippen molar-refractivity contribution in [2.75, 3.05) is 0 Å². The molecule has 0 unspecified atom stereocenters. The van der Waals surface area contributed by atoms with E-state index in [9.17, 15) is 15.2 Å². The van der Waals surface area contributed by atoms with Crippen LogP contribution in [-0.4, -0.2) is 21.2 Å². The third-order valence-corrected chi connectivity index (χ3v) is 2.00. The minimum Gasteiger partial charge on any atom is -0.508 e. The fourth-order valence-electron chi connectivity index (χ4n) is 1.10. The number of rotatable bonds is 3. The number of hydrogen-bond acceptors (Lipinski definition) is 4. The van der Waals surface area contributed by atoms with Gasteiger partial charge in [-0.1, -0.05) is 12.1 Å². The topological polar surface area (TPSA) is 83.6 Å². The number of aliphatic hydroxyl groups is 1. The second-order valence-electron chi connectivity index (χ2n) is 3.07. The summed E-state index contributed by atoms with van der Waals surface area (Å²) >= 11 is 0. The smallest absolute Gasteiger partial charge is 0.239 e. The second-order valence-corrected chi connectivity index (χ2v) is 3.07. The van der Waals surface area contributed by atoms with Crippen LogP contribution >= 0.6 is 0 Å². The van der Waals surface area contributed by atoms with E-state index in [2.05, 4.69) is 0 Å². The Morgan fingerprint density at radius 3 is 2.64 bits per heavy atom. The van der Waals surface area contributed by atoms with Crippen molar-refractivity contribution >= 4 is 0 Å². The quantitative estimate of drug-likeness (QED) is 0.561. The Morgan fingerprint density at radius 1 is 1.50 bits per heavy atom. The number of benzene rings is 1. The van der Waals surface area contributed by atoms with Gasteiger partial charge in [-0.2, -0.15) is 0 Å². The van der Waals surface area contributed by atoms with Crippen LogP contribution in [0.5, 0.6) is 5.75 Å². The molecule has 0 amide bonds. The van der Waals surface area contributed by atoms with Crippen molar-refractivity contribution in [3.63, 3.8) is 0 Å². The summed E-state index contributed by atoms with van der Waals surface area (Å²) in [4.78, 5) is 9.82. The maximum atomic E-state index is 10.4. The van der Waals surface area contributed by atoms with Crippen LogP contribution in [0.3, 0.4) is 0 Å². The molecule has 0 saturated heterocycles. The summed E-state index contributed by atoms with van der Waals surface area (Å²) in [6.45, 7) is 1.31. The molecule has 0 bridgehead atoms. The van der Waals surface area contributed by atoms with Crippen molar-refractivity contribution in [1.29, 1.82) is 0 Å². The standard InChI is InChI=1S/C9H11NO4/c1-6(10(13)14)9(12)7-3-2-4-8(11)5-7/h2-6,9,11-12H,1H3/t6-,9-/m0/s1. The van der Waals surface area contributed by atoms with E-state index < -0.39 is 17.1 Å². The lowest BCUT2D eigenvalue weighted by atomic mass is 10.0. The molecular formula is C9H11NO4. The lowest BCUT2D eigenvalue weighted by Gasteiger charge is -2.12. The van der Waals surface area contributed by atoms with E-state index in [-0.39, 0.29) is 5.75 Å². The second kappa shape index (κ2) is 4.06. The first-order valence-corrected chi connectivity index (χ1v) is 4.13. The predicted molar refractivity (Wildman–Crippen MR) is 49.5 cm³/mol. The normalized spacial score (nSPS) is 14.7. The zero-order chi connectivity index (χ0) is 10.7. The highest BCUT2D eigenvalue weighted by molar-refractivity contribution is 5.28. The summed E-state index contributed by atoms with van der Waals surface area (Å²) in [5.41, 5.74) is 0.342. The minimum atomic E-state index is -1.20. The molecule has 1 aromatic rings. The highest BCUT2D eigenvalue weighted by atomic mass is 16.6. The monoisotopic (exact) mass is 197 g/mol. The van der Waals surface area contributed by atoms with Gasteiger partial charge >= 0.3 is 0 Å². The van der Waals surface area contributed by atoms with E-state index in [0.29, 0.717) is 5.56 Å². The van der Waals surface area contributed by atoms with Crippen molar-refractivity contribution in [3.8, 4) is 5.75 Å². The molecule has 5 nitrogen and oxygen atoms in total. The average Bonchev–Trinajstić information content (AvgIpc) is 2.15. The van der Waals surface area contributed by atoms with Crippen molar-refractivity contribution in [3.05, 3.63) is 39.9 Å². The van der Waals surface area contributed by atoms with Crippen LogP contribution in [0.4, 0.5) is 0 Å². The molecule has 0 aliphatic rings. The van der Waals surface area contributed by atoms with Crippen molar-refractivity contribution in [1.82, 2.24) is 0 Å². The molecule has 0 aliphatic carbocycles. The molecule has 14 heavy (non-hydrogen) atoms. The zero-order valence-corrected chi connectivity index (χ0v) is 7.62. The molecule has 5 heteroatoms. The van der Waals surface area contributed by atoms with Crippen LogP contribution in [-0.2, 0) is 0 Å². The van der Waals surface area contributed by atoms with E-state index >= 15 is 0 Å². The van der Waals surface area contributed by atoms with Gasteiger partial charge in [0.15, 0.2) is 0 Å². The third kappa shape index (κ3) is 2.20. The Labute approximate surface area is 80.8 Å². The molecule has 0 saturated carbocycles. The zero-order valence-electron chi connectivity index (χ0n) is 7.62. The van der Waals surface area contributed by atoms with Gasteiger partial charge in [0.05, 0.1) is 0 Å². The summed E-state index contributed by atoms with van der Waals surface area (Å²) in [5.74, 6) is -0.0166. The van der Waals surface area contributed by atoms with Crippen LogP contribution in [0.1, 0.15) is 18.6 Å². The van der Waals surface area contributed by atoms with Gasteiger partial charge in [-0.3, -0.25) is 10.1 Å². The van der Waals surface area contributed by atoms with E-state index in [1.165, 1.54) is 31.2 Å². The Hall–Kier alpha value is -1.62.